The highest BCUT2D eigenvalue weighted by Crippen LogP contribution is 2.30. The summed E-state index contributed by atoms with van der Waals surface area (Å²) in [6.07, 6.45) is 0. The van der Waals surface area contributed by atoms with Crippen LogP contribution in [0.3, 0.4) is 0 Å². The molecular formula is C23H29N3O3. The number of benzene rings is 2. The Kier molecular flexibility index (Phi) is 6.54. The fraction of sp³-hybridized carbons (Fsp3) is 0.391. The maximum Gasteiger partial charge on any atom is 0.244 e. The second-order valence-corrected chi connectivity index (χ2v) is 7.52. The molecule has 2 aromatic rings. The normalized spacial score (nSPS) is 13.9. The summed E-state index contributed by atoms with van der Waals surface area (Å²) in [5, 5.41) is 2.99. The van der Waals surface area contributed by atoms with Crippen LogP contribution in [0.15, 0.2) is 36.4 Å². The average molecular weight is 396 g/mol. The van der Waals surface area contributed by atoms with Crippen LogP contribution in [0.5, 0.6) is 0 Å². The number of amides is 2. The van der Waals surface area contributed by atoms with Gasteiger partial charge in [-0.15, -0.1) is 0 Å². The Morgan fingerprint density at radius 1 is 1.07 bits per heavy atom. The van der Waals surface area contributed by atoms with E-state index in [1.807, 2.05) is 57.2 Å². The highest BCUT2D eigenvalue weighted by atomic mass is 16.5. The Morgan fingerprint density at radius 2 is 1.69 bits per heavy atom. The van der Waals surface area contributed by atoms with Crippen molar-refractivity contribution >= 4 is 28.9 Å². The fourth-order valence-corrected chi connectivity index (χ4v) is 3.83. The Morgan fingerprint density at radius 3 is 2.31 bits per heavy atom. The summed E-state index contributed by atoms with van der Waals surface area (Å²) in [6.45, 7) is 10.3. The van der Waals surface area contributed by atoms with Gasteiger partial charge in [0.2, 0.25) is 11.8 Å². The molecule has 1 heterocycles. The molecule has 0 bridgehead atoms. The Hall–Kier alpha value is -2.86. The molecule has 1 aliphatic rings. The van der Waals surface area contributed by atoms with Crippen molar-refractivity contribution in [3.05, 3.63) is 53.1 Å². The molecule has 0 saturated carbocycles. The maximum atomic E-state index is 12.8. The number of carbonyl (C=O) groups excluding carboxylic acids is 2. The van der Waals surface area contributed by atoms with Gasteiger partial charge in [-0.25, -0.2) is 0 Å². The number of anilines is 3. The van der Waals surface area contributed by atoms with Crippen LogP contribution in [-0.4, -0.2) is 44.7 Å². The number of hydrogen-bond acceptors (Lipinski definition) is 4. The van der Waals surface area contributed by atoms with Crippen LogP contribution < -0.4 is 15.1 Å². The highest BCUT2D eigenvalue weighted by Gasteiger charge is 2.22. The first kappa shape index (κ1) is 20.9. The summed E-state index contributed by atoms with van der Waals surface area (Å²) < 4.78 is 5.44. The van der Waals surface area contributed by atoms with Gasteiger partial charge in [-0.2, -0.15) is 0 Å². The Bertz CT molecular complexity index is 881. The minimum Gasteiger partial charge on any atom is -0.378 e. The molecular weight excluding hydrogens is 366 g/mol. The molecule has 29 heavy (non-hydrogen) atoms. The van der Waals surface area contributed by atoms with E-state index < -0.39 is 0 Å². The molecule has 3 rings (SSSR count). The number of nitrogens with one attached hydrogen (secondary N) is 1. The summed E-state index contributed by atoms with van der Waals surface area (Å²) in [5.74, 6) is -0.384. The number of hydrogen-bond donors (Lipinski definition) is 1. The van der Waals surface area contributed by atoms with Crippen molar-refractivity contribution in [1.82, 2.24) is 0 Å². The molecule has 0 unspecified atom stereocenters. The second kappa shape index (κ2) is 9.09. The van der Waals surface area contributed by atoms with Crippen LogP contribution in [0.1, 0.15) is 23.6 Å². The molecule has 6 nitrogen and oxygen atoms in total. The first-order valence-electron chi connectivity index (χ1n) is 9.94. The van der Waals surface area contributed by atoms with Gasteiger partial charge in [0.25, 0.3) is 0 Å². The lowest BCUT2D eigenvalue weighted by atomic mass is 10.1. The van der Waals surface area contributed by atoms with Gasteiger partial charge in [0.15, 0.2) is 0 Å². The number of morpholine rings is 1. The van der Waals surface area contributed by atoms with Gasteiger partial charge in [0.05, 0.1) is 24.6 Å². The van der Waals surface area contributed by atoms with Crippen molar-refractivity contribution in [2.75, 3.05) is 48.0 Å². The van der Waals surface area contributed by atoms with Crippen LogP contribution in [-0.2, 0) is 14.3 Å². The minimum absolute atomic E-state index is 0.0383. The first-order chi connectivity index (χ1) is 13.9. The monoisotopic (exact) mass is 395 g/mol. The standard InChI is InChI=1S/C23H29N3O3/c1-16-13-17(2)23(18(3)14-16)24-22(28)15-26(19(4)27)21-8-6-5-7-20(21)25-9-11-29-12-10-25/h5-8,13-14H,9-12,15H2,1-4H3,(H,24,28). The Labute approximate surface area is 172 Å². The predicted octanol–water partition coefficient (Wildman–Crippen LogP) is 3.44. The van der Waals surface area contributed by atoms with Crippen LogP contribution in [0, 0.1) is 20.8 Å². The van der Waals surface area contributed by atoms with E-state index in [0.29, 0.717) is 13.2 Å². The molecule has 0 atom stereocenters. The quantitative estimate of drug-likeness (QED) is 0.842. The summed E-state index contributed by atoms with van der Waals surface area (Å²) >= 11 is 0. The lowest BCUT2D eigenvalue weighted by molar-refractivity contribution is -0.120. The number of carbonyl (C=O) groups is 2. The van der Waals surface area contributed by atoms with Crippen molar-refractivity contribution in [3.8, 4) is 0 Å². The van der Waals surface area contributed by atoms with E-state index in [1.165, 1.54) is 6.92 Å². The van der Waals surface area contributed by atoms with E-state index >= 15 is 0 Å². The van der Waals surface area contributed by atoms with Gasteiger partial charge in [-0.1, -0.05) is 29.8 Å². The van der Waals surface area contributed by atoms with Crippen molar-refractivity contribution in [1.29, 1.82) is 0 Å². The highest BCUT2D eigenvalue weighted by molar-refractivity contribution is 6.04. The molecule has 0 aliphatic carbocycles. The van der Waals surface area contributed by atoms with Gasteiger partial charge in [-0.3, -0.25) is 9.59 Å². The first-order valence-corrected chi connectivity index (χ1v) is 9.94. The van der Waals surface area contributed by atoms with Crippen molar-refractivity contribution in [2.45, 2.75) is 27.7 Å². The summed E-state index contributed by atoms with van der Waals surface area (Å²) in [5.41, 5.74) is 5.68. The van der Waals surface area contributed by atoms with E-state index in [-0.39, 0.29) is 18.4 Å². The molecule has 1 aliphatic heterocycles. The number of para-hydroxylation sites is 2. The fourth-order valence-electron chi connectivity index (χ4n) is 3.83. The van der Waals surface area contributed by atoms with Crippen LogP contribution in [0.25, 0.3) is 0 Å². The molecule has 2 aromatic carbocycles. The van der Waals surface area contributed by atoms with Crippen LogP contribution in [0.2, 0.25) is 0 Å². The summed E-state index contributed by atoms with van der Waals surface area (Å²) in [4.78, 5) is 29.0. The number of aryl methyl sites for hydroxylation is 3. The molecule has 154 valence electrons. The van der Waals surface area contributed by atoms with Gasteiger partial charge in [-0.05, 0) is 44.0 Å². The predicted molar refractivity (Wildman–Crippen MR) is 117 cm³/mol. The zero-order valence-corrected chi connectivity index (χ0v) is 17.6. The number of nitrogens with zero attached hydrogens (tertiary/aromatic N) is 2. The lowest BCUT2D eigenvalue weighted by Crippen LogP contribution is -2.40. The SMILES string of the molecule is CC(=O)N(CC(=O)Nc1c(C)cc(C)cc1C)c1ccccc1N1CCOCC1. The van der Waals surface area contributed by atoms with Crippen LogP contribution in [0.4, 0.5) is 17.1 Å². The van der Waals surface area contributed by atoms with Crippen molar-refractivity contribution in [2.24, 2.45) is 0 Å². The largest absolute Gasteiger partial charge is 0.378 e. The van der Waals surface area contributed by atoms with E-state index in [0.717, 1.165) is 46.8 Å². The molecule has 1 saturated heterocycles. The molecule has 1 N–H and O–H groups in total. The van der Waals surface area contributed by atoms with Gasteiger partial charge in [0.1, 0.15) is 6.54 Å². The third kappa shape index (κ3) is 4.95. The smallest absolute Gasteiger partial charge is 0.244 e. The van der Waals surface area contributed by atoms with Gasteiger partial charge < -0.3 is 19.9 Å². The molecule has 0 spiro atoms. The summed E-state index contributed by atoms with van der Waals surface area (Å²) in [7, 11) is 0. The van der Waals surface area contributed by atoms with Crippen LogP contribution >= 0.6 is 0 Å². The second-order valence-electron chi connectivity index (χ2n) is 7.52. The van der Waals surface area contributed by atoms with E-state index in [2.05, 4.69) is 10.2 Å². The molecule has 2 amide bonds. The number of rotatable bonds is 5. The summed E-state index contributed by atoms with van der Waals surface area (Å²) in [6, 6.07) is 11.8. The van der Waals surface area contributed by atoms with E-state index in [1.54, 1.807) is 4.90 Å². The van der Waals surface area contributed by atoms with Crippen molar-refractivity contribution in [3.63, 3.8) is 0 Å². The zero-order chi connectivity index (χ0) is 21.0. The lowest BCUT2D eigenvalue weighted by Gasteiger charge is -2.33. The zero-order valence-electron chi connectivity index (χ0n) is 17.6. The third-order valence-corrected chi connectivity index (χ3v) is 5.15. The molecule has 0 radical (unpaired) electrons. The van der Waals surface area contributed by atoms with Gasteiger partial charge in [0, 0.05) is 25.7 Å². The molecule has 0 aromatic heterocycles. The molecule has 1 fully saturated rings. The Balaban J connectivity index is 1.83. The minimum atomic E-state index is -0.216. The van der Waals surface area contributed by atoms with E-state index in [9.17, 15) is 9.59 Å². The van der Waals surface area contributed by atoms with Crippen molar-refractivity contribution < 1.29 is 14.3 Å². The number of ether oxygens (including phenoxy) is 1. The average Bonchev–Trinajstić information content (AvgIpc) is 2.69. The molecule has 6 heteroatoms. The van der Waals surface area contributed by atoms with Gasteiger partial charge >= 0.3 is 0 Å². The maximum absolute atomic E-state index is 12.8. The third-order valence-electron chi connectivity index (χ3n) is 5.15. The van der Waals surface area contributed by atoms with E-state index in [4.69, 9.17) is 4.74 Å². The topological polar surface area (TPSA) is 61.9 Å².